The predicted octanol–water partition coefficient (Wildman–Crippen LogP) is 6.91. The van der Waals surface area contributed by atoms with E-state index in [1.54, 1.807) is 42.7 Å². The van der Waals surface area contributed by atoms with E-state index in [4.69, 9.17) is 28.4 Å². The van der Waals surface area contributed by atoms with Crippen LogP contribution in [0.3, 0.4) is 0 Å². The minimum absolute atomic E-state index is 0.490. The number of benzene rings is 6. The molecule has 8 heteroatoms. The Labute approximate surface area is 272 Å². The average molecular weight is 682 g/mol. The first-order valence-corrected chi connectivity index (χ1v) is 16.9. The molecule has 0 heterocycles. The van der Waals surface area contributed by atoms with Gasteiger partial charge in [-0.05, 0) is 0 Å². The number of rotatable bonds is 10. The second kappa shape index (κ2) is 13.1. The van der Waals surface area contributed by atoms with Gasteiger partial charge in [0, 0.05) is 0 Å². The molecule has 7 nitrogen and oxygen atoms in total. The van der Waals surface area contributed by atoms with Crippen LogP contribution in [0.2, 0.25) is 0 Å². The standard InChI is InChI=1S/C38H34O7Se/c1-40-31-19-25(20-32(41-2)35(31)44-5)29-17-15-23-11-7-9-13-27(23)37(29)46(39)38-28-14-10-8-12-24(28)16-18-30(38)26-21-33(42-3)36(45-6)34(22-26)43-4/h7-22H,1-6H3. The Morgan fingerprint density at radius 1 is 0.435 bits per heavy atom. The van der Waals surface area contributed by atoms with Crippen LogP contribution >= 0.6 is 0 Å². The molecule has 0 saturated heterocycles. The zero-order valence-electron chi connectivity index (χ0n) is 26.5. The average Bonchev–Trinajstić information content (AvgIpc) is 3.12. The second-order valence-corrected chi connectivity index (χ2v) is 13.3. The van der Waals surface area contributed by atoms with Gasteiger partial charge in [0.2, 0.25) is 0 Å². The molecule has 46 heavy (non-hydrogen) atoms. The van der Waals surface area contributed by atoms with Crippen molar-refractivity contribution in [2.45, 2.75) is 0 Å². The van der Waals surface area contributed by atoms with Gasteiger partial charge in [0.25, 0.3) is 0 Å². The van der Waals surface area contributed by atoms with Crippen LogP contribution in [0, 0.1) is 0 Å². The van der Waals surface area contributed by atoms with Crippen LogP contribution in [-0.2, 0) is 3.83 Å². The molecule has 0 aromatic heterocycles. The molecular weight excluding hydrogens is 647 g/mol. The predicted molar refractivity (Wildman–Crippen MR) is 184 cm³/mol. The van der Waals surface area contributed by atoms with Crippen LogP contribution in [0.5, 0.6) is 34.5 Å². The molecule has 0 aliphatic rings. The van der Waals surface area contributed by atoms with Gasteiger partial charge in [0.15, 0.2) is 0 Å². The molecule has 0 unspecified atom stereocenters. The van der Waals surface area contributed by atoms with Crippen LogP contribution in [0.25, 0.3) is 43.8 Å². The van der Waals surface area contributed by atoms with E-state index in [1.165, 1.54) is 0 Å². The van der Waals surface area contributed by atoms with Gasteiger partial charge in [-0.1, -0.05) is 0 Å². The first-order valence-electron chi connectivity index (χ1n) is 14.5. The van der Waals surface area contributed by atoms with Gasteiger partial charge >= 0.3 is 273 Å². The third-order valence-electron chi connectivity index (χ3n) is 8.08. The second-order valence-electron chi connectivity index (χ2n) is 10.4. The summed E-state index contributed by atoms with van der Waals surface area (Å²) in [5.74, 6) is 3.04. The summed E-state index contributed by atoms with van der Waals surface area (Å²) in [6, 6.07) is 31.8. The molecule has 6 aromatic carbocycles. The van der Waals surface area contributed by atoms with Gasteiger partial charge < -0.3 is 0 Å². The third kappa shape index (κ3) is 5.30. The molecule has 0 atom stereocenters. The van der Waals surface area contributed by atoms with Gasteiger partial charge in [-0.15, -0.1) is 0 Å². The molecule has 0 aliphatic heterocycles. The van der Waals surface area contributed by atoms with E-state index in [2.05, 4.69) is 12.1 Å². The summed E-state index contributed by atoms with van der Waals surface area (Å²) in [5, 5.41) is 3.82. The Hall–Kier alpha value is -5.04. The quantitative estimate of drug-likeness (QED) is 0.146. The van der Waals surface area contributed by atoms with Crippen molar-refractivity contribution in [1.29, 1.82) is 0 Å². The molecule has 6 rings (SSSR count). The summed E-state index contributed by atoms with van der Waals surface area (Å²) in [6.45, 7) is 0. The fraction of sp³-hybridized carbons (Fsp3) is 0.158. The van der Waals surface area contributed by atoms with E-state index in [1.807, 2.05) is 84.9 Å². The molecule has 0 fully saturated rings. The number of hydrogen-bond donors (Lipinski definition) is 0. The van der Waals surface area contributed by atoms with Crippen molar-refractivity contribution in [2.75, 3.05) is 42.7 Å². The van der Waals surface area contributed by atoms with Crippen LogP contribution in [-0.4, -0.2) is 56.5 Å². The van der Waals surface area contributed by atoms with Gasteiger partial charge in [-0.25, -0.2) is 0 Å². The molecule has 0 amide bonds. The van der Waals surface area contributed by atoms with Crippen LogP contribution in [0.4, 0.5) is 0 Å². The Morgan fingerprint density at radius 2 is 0.783 bits per heavy atom. The maximum atomic E-state index is 15.6. The van der Waals surface area contributed by atoms with E-state index in [0.29, 0.717) is 34.5 Å². The molecule has 6 aromatic rings. The van der Waals surface area contributed by atoms with Gasteiger partial charge in [-0.2, -0.15) is 0 Å². The maximum absolute atomic E-state index is 15.6. The van der Waals surface area contributed by atoms with E-state index in [-0.39, 0.29) is 0 Å². The number of methoxy groups -OCH3 is 6. The van der Waals surface area contributed by atoms with Crippen molar-refractivity contribution in [2.24, 2.45) is 0 Å². The fourth-order valence-electron chi connectivity index (χ4n) is 5.92. The SMILES string of the molecule is COc1cc(-c2ccc3ccccc3c2[Se](=O)c2c(-c3cc(OC)c(OC)c(OC)c3)ccc3ccccc23)cc(OC)c1OC. The van der Waals surface area contributed by atoms with Crippen LogP contribution < -0.4 is 37.3 Å². The molecule has 0 spiro atoms. The Morgan fingerprint density at radius 3 is 1.11 bits per heavy atom. The monoisotopic (exact) mass is 682 g/mol. The van der Waals surface area contributed by atoms with Crippen molar-refractivity contribution >= 4 is 44.3 Å². The first kappa shape index (κ1) is 31.0. The van der Waals surface area contributed by atoms with Crippen molar-refractivity contribution in [3.63, 3.8) is 0 Å². The summed E-state index contributed by atoms with van der Waals surface area (Å²) in [4.78, 5) is 0. The third-order valence-corrected chi connectivity index (χ3v) is 11.5. The first-order chi connectivity index (χ1) is 22.5. The number of fused-ring (bicyclic) bond motifs is 2. The topological polar surface area (TPSA) is 72.5 Å². The Kier molecular flexibility index (Phi) is 8.84. The van der Waals surface area contributed by atoms with Gasteiger partial charge in [0.1, 0.15) is 0 Å². The zero-order valence-corrected chi connectivity index (χ0v) is 28.2. The van der Waals surface area contributed by atoms with E-state index in [9.17, 15) is 0 Å². The van der Waals surface area contributed by atoms with Gasteiger partial charge in [-0.3, -0.25) is 0 Å². The molecule has 0 bridgehead atoms. The van der Waals surface area contributed by atoms with Gasteiger partial charge in [0.05, 0.1) is 0 Å². The molecule has 234 valence electrons. The molecule has 0 aliphatic carbocycles. The van der Waals surface area contributed by atoms with E-state index < -0.39 is 13.8 Å². The summed E-state index contributed by atoms with van der Waals surface area (Å²) >= 11 is -3.06. The van der Waals surface area contributed by atoms with E-state index >= 15 is 3.83 Å². The fourth-order valence-corrected chi connectivity index (χ4v) is 9.58. The molecule has 0 saturated carbocycles. The zero-order chi connectivity index (χ0) is 32.4. The minimum atomic E-state index is -3.06. The summed E-state index contributed by atoms with van der Waals surface area (Å²) in [6.07, 6.45) is 0. The van der Waals surface area contributed by atoms with Crippen molar-refractivity contribution in [3.8, 4) is 56.8 Å². The normalized spacial score (nSPS) is 11.1. The Bertz CT molecular complexity index is 1910. The summed E-state index contributed by atoms with van der Waals surface area (Å²) in [5.41, 5.74) is 3.24. The number of hydrogen-bond acceptors (Lipinski definition) is 7. The summed E-state index contributed by atoms with van der Waals surface area (Å²) < 4.78 is 51.1. The van der Waals surface area contributed by atoms with Crippen LogP contribution in [0.15, 0.2) is 97.1 Å². The molecule has 0 radical (unpaired) electrons. The Balaban J connectivity index is 1.69. The van der Waals surface area contributed by atoms with Crippen LogP contribution in [0.1, 0.15) is 0 Å². The van der Waals surface area contributed by atoms with Crippen molar-refractivity contribution < 1.29 is 32.3 Å². The van der Waals surface area contributed by atoms with Crippen molar-refractivity contribution in [1.82, 2.24) is 0 Å². The number of ether oxygens (including phenoxy) is 6. The summed E-state index contributed by atoms with van der Waals surface area (Å²) in [7, 11) is 9.51. The van der Waals surface area contributed by atoms with E-state index in [0.717, 1.165) is 52.7 Å². The van der Waals surface area contributed by atoms with Crippen molar-refractivity contribution in [3.05, 3.63) is 97.1 Å². The molecule has 0 N–H and O–H groups in total. The molecular formula is C38H34O7Se.